The molecule has 1 heterocycles. The maximum atomic E-state index is 5.59. The first kappa shape index (κ1) is 10.6. The molecule has 5 nitrogen and oxygen atoms in total. The molecule has 16 heavy (non-hydrogen) atoms. The quantitative estimate of drug-likeness (QED) is 0.781. The van der Waals surface area contributed by atoms with Gasteiger partial charge in [0.25, 0.3) is 0 Å². The number of hydrogen-bond acceptors (Lipinski definition) is 4. The molecule has 0 saturated carbocycles. The fourth-order valence-electron chi connectivity index (χ4n) is 1.55. The molecule has 2 rings (SSSR count). The van der Waals surface area contributed by atoms with E-state index in [4.69, 9.17) is 4.74 Å². The SMILES string of the molecule is Cc1cc(C)cc(OCc2nnn(C)n2)c1. The van der Waals surface area contributed by atoms with Gasteiger partial charge in [-0.1, -0.05) is 6.07 Å². The molecule has 0 saturated heterocycles. The maximum absolute atomic E-state index is 5.59. The van der Waals surface area contributed by atoms with E-state index in [2.05, 4.69) is 21.5 Å². The molecule has 5 heteroatoms. The van der Waals surface area contributed by atoms with Crippen molar-refractivity contribution < 1.29 is 4.74 Å². The van der Waals surface area contributed by atoms with Crippen LogP contribution in [0.1, 0.15) is 17.0 Å². The lowest BCUT2D eigenvalue weighted by molar-refractivity contribution is 0.295. The Kier molecular flexibility index (Phi) is 2.85. The average Bonchev–Trinajstić information content (AvgIpc) is 2.60. The molecule has 0 amide bonds. The number of ether oxygens (including phenoxy) is 1. The monoisotopic (exact) mass is 218 g/mol. The number of nitrogens with zero attached hydrogens (tertiary/aromatic N) is 4. The molecule has 84 valence electrons. The van der Waals surface area contributed by atoms with Crippen LogP contribution in [0.5, 0.6) is 5.75 Å². The lowest BCUT2D eigenvalue weighted by Gasteiger charge is -2.05. The van der Waals surface area contributed by atoms with Gasteiger partial charge >= 0.3 is 0 Å². The summed E-state index contributed by atoms with van der Waals surface area (Å²) in [5.74, 6) is 1.42. The van der Waals surface area contributed by atoms with E-state index in [1.165, 1.54) is 15.9 Å². The summed E-state index contributed by atoms with van der Waals surface area (Å²) in [6.45, 7) is 4.43. The second-order valence-corrected chi connectivity index (χ2v) is 3.81. The number of aryl methyl sites for hydroxylation is 3. The third-order valence-corrected chi connectivity index (χ3v) is 2.11. The van der Waals surface area contributed by atoms with E-state index in [1.807, 2.05) is 26.0 Å². The molecular formula is C11H14N4O. The molecule has 0 aliphatic heterocycles. The number of benzene rings is 1. The van der Waals surface area contributed by atoms with Crippen molar-refractivity contribution in [2.75, 3.05) is 0 Å². The van der Waals surface area contributed by atoms with Crippen molar-refractivity contribution in [2.45, 2.75) is 20.5 Å². The van der Waals surface area contributed by atoms with Crippen LogP contribution in [0.25, 0.3) is 0 Å². The Hall–Kier alpha value is -1.91. The van der Waals surface area contributed by atoms with Gasteiger partial charge in [-0.15, -0.1) is 10.2 Å². The van der Waals surface area contributed by atoms with Crippen LogP contribution >= 0.6 is 0 Å². The molecule has 1 aromatic carbocycles. The molecule has 0 radical (unpaired) electrons. The van der Waals surface area contributed by atoms with Crippen molar-refractivity contribution in [2.24, 2.45) is 7.05 Å². The highest BCUT2D eigenvalue weighted by Crippen LogP contribution is 2.16. The first-order valence-electron chi connectivity index (χ1n) is 5.07. The van der Waals surface area contributed by atoms with E-state index in [9.17, 15) is 0 Å². The van der Waals surface area contributed by atoms with Gasteiger partial charge in [0.05, 0.1) is 7.05 Å². The van der Waals surface area contributed by atoms with Crippen LogP contribution < -0.4 is 4.74 Å². The lowest BCUT2D eigenvalue weighted by Crippen LogP contribution is -1.99. The zero-order valence-electron chi connectivity index (χ0n) is 9.64. The van der Waals surface area contributed by atoms with Crippen LogP contribution in [0.4, 0.5) is 0 Å². The summed E-state index contributed by atoms with van der Waals surface area (Å²) >= 11 is 0. The lowest BCUT2D eigenvalue weighted by atomic mass is 10.1. The number of hydrogen-bond donors (Lipinski definition) is 0. The molecule has 0 bridgehead atoms. The molecule has 0 spiro atoms. The molecule has 0 N–H and O–H groups in total. The first-order chi connectivity index (χ1) is 7.63. The molecular weight excluding hydrogens is 204 g/mol. The van der Waals surface area contributed by atoms with Crippen molar-refractivity contribution in [1.29, 1.82) is 0 Å². The Morgan fingerprint density at radius 2 is 1.88 bits per heavy atom. The Bertz CT molecular complexity index is 472. The predicted octanol–water partition coefficient (Wildman–Crippen LogP) is 1.41. The van der Waals surface area contributed by atoms with Crippen LogP contribution in [-0.4, -0.2) is 20.2 Å². The van der Waals surface area contributed by atoms with E-state index in [0.717, 1.165) is 5.75 Å². The number of aromatic nitrogens is 4. The van der Waals surface area contributed by atoms with Crippen LogP contribution in [0, 0.1) is 13.8 Å². The summed E-state index contributed by atoms with van der Waals surface area (Å²) in [6.07, 6.45) is 0. The minimum absolute atomic E-state index is 0.344. The van der Waals surface area contributed by atoms with Gasteiger partial charge in [0, 0.05) is 0 Å². The van der Waals surface area contributed by atoms with Crippen LogP contribution in [0.15, 0.2) is 18.2 Å². The van der Waals surface area contributed by atoms with E-state index in [-0.39, 0.29) is 0 Å². The smallest absolute Gasteiger partial charge is 0.212 e. The highest BCUT2D eigenvalue weighted by Gasteiger charge is 2.02. The Morgan fingerprint density at radius 1 is 1.19 bits per heavy atom. The molecule has 1 aromatic heterocycles. The first-order valence-corrected chi connectivity index (χ1v) is 5.07. The topological polar surface area (TPSA) is 52.8 Å². The number of rotatable bonds is 3. The van der Waals surface area contributed by atoms with Crippen molar-refractivity contribution in [3.05, 3.63) is 35.2 Å². The summed E-state index contributed by atoms with van der Waals surface area (Å²) in [7, 11) is 1.73. The highest BCUT2D eigenvalue weighted by atomic mass is 16.5. The molecule has 0 fully saturated rings. The third-order valence-electron chi connectivity index (χ3n) is 2.11. The number of tetrazole rings is 1. The molecule has 0 aliphatic rings. The summed E-state index contributed by atoms with van der Waals surface area (Å²) in [4.78, 5) is 1.42. The average molecular weight is 218 g/mol. The van der Waals surface area contributed by atoms with Crippen molar-refractivity contribution in [3.8, 4) is 5.75 Å². The van der Waals surface area contributed by atoms with E-state index in [1.54, 1.807) is 7.05 Å². The van der Waals surface area contributed by atoms with Gasteiger partial charge in [0.15, 0.2) is 6.61 Å². The standard InChI is InChI=1S/C11H14N4O/c1-8-4-9(2)6-10(5-8)16-7-11-12-14-15(3)13-11/h4-6H,7H2,1-3H3. The molecule has 0 atom stereocenters. The van der Waals surface area contributed by atoms with E-state index < -0.39 is 0 Å². The second kappa shape index (κ2) is 4.30. The van der Waals surface area contributed by atoms with Gasteiger partial charge in [-0.3, -0.25) is 0 Å². The normalized spacial score (nSPS) is 10.4. The summed E-state index contributed by atoms with van der Waals surface area (Å²) in [6, 6.07) is 6.08. The molecule has 0 aliphatic carbocycles. The van der Waals surface area contributed by atoms with Crippen LogP contribution in [0.3, 0.4) is 0 Å². The van der Waals surface area contributed by atoms with Crippen molar-refractivity contribution in [1.82, 2.24) is 20.2 Å². The fraction of sp³-hybridized carbons (Fsp3) is 0.364. The Morgan fingerprint density at radius 3 is 2.44 bits per heavy atom. The van der Waals surface area contributed by atoms with Gasteiger partial charge in [-0.2, -0.15) is 4.80 Å². The fourth-order valence-corrected chi connectivity index (χ4v) is 1.55. The van der Waals surface area contributed by atoms with Gasteiger partial charge in [0.1, 0.15) is 5.75 Å². The van der Waals surface area contributed by atoms with Gasteiger partial charge in [-0.25, -0.2) is 0 Å². The minimum Gasteiger partial charge on any atom is -0.485 e. The van der Waals surface area contributed by atoms with Crippen molar-refractivity contribution in [3.63, 3.8) is 0 Å². The largest absolute Gasteiger partial charge is 0.485 e. The zero-order valence-corrected chi connectivity index (χ0v) is 9.64. The predicted molar refractivity (Wildman–Crippen MR) is 59.0 cm³/mol. The third kappa shape index (κ3) is 2.56. The van der Waals surface area contributed by atoms with E-state index in [0.29, 0.717) is 12.4 Å². The Labute approximate surface area is 94.0 Å². The van der Waals surface area contributed by atoms with E-state index >= 15 is 0 Å². The zero-order chi connectivity index (χ0) is 11.5. The summed E-state index contributed by atoms with van der Waals surface area (Å²) < 4.78 is 5.59. The molecule has 2 aromatic rings. The second-order valence-electron chi connectivity index (χ2n) is 3.81. The Balaban J connectivity index is 2.04. The molecule has 0 unspecified atom stereocenters. The van der Waals surface area contributed by atoms with Crippen molar-refractivity contribution >= 4 is 0 Å². The van der Waals surface area contributed by atoms with Crippen LogP contribution in [0.2, 0.25) is 0 Å². The maximum Gasteiger partial charge on any atom is 0.212 e. The van der Waals surface area contributed by atoms with Gasteiger partial charge in [-0.05, 0) is 42.3 Å². The summed E-state index contributed by atoms with van der Waals surface area (Å²) in [5.41, 5.74) is 2.37. The summed E-state index contributed by atoms with van der Waals surface area (Å²) in [5, 5.41) is 11.6. The highest BCUT2D eigenvalue weighted by molar-refractivity contribution is 5.32. The van der Waals surface area contributed by atoms with Gasteiger partial charge in [0.2, 0.25) is 5.82 Å². The van der Waals surface area contributed by atoms with Crippen LogP contribution in [-0.2, 0) is 13.7 Å². The van der Waals surface area contributed by atoms with Gasteiger partial charge < -0.3 is 4.74 Å². The minimum atomic E-state index is 0.344.